The monoisotopic (exact) mass is 267 g/mol. The standard InChI is InChI=1S/C15H25NO3/c1-15(2)7-13-12(14(17)8-15)5-6-16(13)9-11(19-4)10-18-3/h5-6,11,14,17H,7-10H2,1-4H3. The first-order valence-electron chi connectivity index (χ1n) is 6.84. The zero-order chi connectivity index (χ0) is 14.0. The summed E-state index contributed by atoms with van der Waals surface area (Å²) in [5.41, 5.74) is 2.46. The Hall–Kier alpha value is -0.840. The molecule has 0 spiro atoms. The molecule has 1 aliphatic rings. The Kier molecular flexibility index (Phi) is 4.33. The van der Waals surface area contributed by atoms with Crippen molar-refractivity contribution < 1.29 is 14.6 Å². The van der Waals surface area contributed by atoms with E-state index in [1.54, 1.807) is 14.2 Å². The molecule has 1 aromatic heterocycles. The van der Waals surface area contributed by atoms with Gasteiger partial charge in [0.2, 0.25) is 0 Å². The molecule has 2 rings (SSSR count). The average molecular weight is 267 g/mol. The molecule has 19 heavy (non-hydrogen) atoms. The van der Waals surface area contributed by atoms with Crippen molar-refractivity contribution in [1.82, 2.24) is 4.57 Å². The molecule has 0 saturated heterocycles. The van der Waals surface area contributed by atoms with E-state index < -0.39 is 0 Å². The summed E-state index contributed by atoms with van der Waals surface area (Å²) in [5, 5.41) is 10.2. The molecule has 0 bridgehead atoms. The minimum Gasteiger partial charge on any atom is -0.388 e. The zero-order valence-corrected chi connectivity index (χ0v) is 12.3. The van der Waals surface area contributed by atoms with Crippen LogP contribution in [0.4, 0.5) is 0 Å². The van der Waals surface area contributed by atoms with Gasteiger partial charge < -0.3 is 19.1 Å². The molecule has 4 nitrogen and oxygen atoms in total. The van der Waals surface area contributed by atoms with Gasteiger partial charge in [-0.25, -0.2) is 0 Å². The first-order chi connectivity index (χ1) is 8.96. The van der Waals surface area contributed by atoms with Gasteiger partial charge in [-0.05, 0) is 24.3 Å². The van der Waals surface area contributed by atoms with Crippen LogP contribution in [-0.2, 0) is 22.4 Å². The lowest BCUT2D eigenvalue weighted by molar-refractivity contribution is 0.0171. The summed E-state index contributed by atoms with van der Waals surface area (Å²) < 4.78 is 12.8. The Morgan fingerprint density at radius 1 is 1.47 bits per heavy atom. The largest absolute Gasteiger partial charge is 0.388 e. The first kappa shape index (κ1) is 14.6. The van der Waals surface area contributed by atoms with E-state index in [0.717, 1.165) is 24.9 Å². The van der Waals surface area contributed by atoms with Crippen molar-refractivity contribution in [2.24, 2.45) is 5.41 Å². The summed E-state index contributed by atoms with van der Waals surface area (Å²) in [5.74, 6) is 0. The van der Waals surface area contributed by atoms with E-state index in [4.69, 9.17) is 9.47 Å². The van der Waals surface area contributed by atoms with Crippen LogP contribution in [0.3, 0.4) is 0 Å². The summed E-state index contributed by atoms with van der Waals surface area (Å²) >= 11 is 0. The number of hydrogen-bond acceptors (Lipinski definition) is 3. The van der Waals surface area contributed by atoms with Crippen LogP contribution in [0.5, 0.6) is 0 Å². The molecule has 0 radical (unpaired) electrons. The maximum absolute atomic E-state index is 10.2. The topological polar surface area (TPSA) is 43.6 Å². The van der Waals surface area contributed by atoms with Gasteiger partial charge in [0.15, 0.2) is 0 Å². The molecule has 108 valence electrons. The van der Waals surface area contributed by atoms with Crippen molar-refractivity contribution in [3.63, 3.8) is 0 Å². The molecule has 1 aliphatic carbocycles. The van der Waals surface area contributed by atoms with Crippen molar-refractivity contribution in [2.45, 2.75) is 45.4 Å². The number of methoxy groups -OCH3 is 2. The van der Waals surface area contributed by atoms with E-state index in [-0.39, 0.29) is 17.6 Å². The van der Waals surface area contributed by atoms with Crippen LogP contribution in [0.15, 0.2) is 12.3 Å². The van der Waals surface area contributed by atoms with Gasteiger partial charge in [0, 0.05) is 31.7 Å². The minimum absolute atomic E-state index is 0.0451. The number of fused-ring (bicyclic) bond motifs is 1. The molecule has 0 saturated carbocycles. The second-order valence-electron chi connectivity index (χ2n) is 6.24. The smallest absolute Gasteiger partial charge is 0.0982 e. The maximum Gasteiger partial charge on any atom is 0.0982 e. The number of rotatable bonds is 5. The predicted octanol–water partition coefficient (Wildman–Crippen LogP) is 2.16. The third kappa shape index (κ3) is 3.19. The molecule has 0 amide bonds. The SMILES string of the molecule is COCC(Cn1ccc2c1CC(C)(C)CC2O)OC. The van der Waals surface area contributed by atoms with Crippen molar-refractivity contribution in [2.75, 3.05) is 20.8 Å². The number of aliphatic hydroxyl groups is 1. The molecule has 4 heteroatoms. The number of aromatic nitrogens is 1. The van der Waals surface area contributed by atoms with Crippen LogP contribution >= 0.6 is 0 Å². The molecule has 1 aromatic rings. The van der Waals surface area contributed by atoms with Gasteiger partial charge in [-0.3, -0.25) is 0 Å². The highest BCUT2D eigenvalue weighted by Gasteiger charge is 2.33. The van der Waals surface area contributed by atoms with Gasteiger partial charge >= 0.3 is 0 Å². The number of aliphatic hydroxyl groups excluding tert-OH is 1. The van der Waals surface area contributed by atoms with Crippen LogP contribution < -0.4 is 0 Å². The molecule has 0 fully saturated rings. The van der Waals surface area contributed by atoms with Crippen LogP contribution in [0.1, 0.15) is 37.6 Å². The van der Waals surface area contributed by atoms with Crippen LogP contribution in [0, 0.1) is 5.41 Å². The zero-order valence-electron chi connectivity index (χ0n) is 12.3. The van der Waals surface area contributed by atoms with Gasteiger partial charge in [-0.2, -0.15) is 0 Å². The second kappa shape index (κ2) is 5.65. The third-order valence-corrected chi connectivity index (χ3v) is 3.95. The second-order valence-corrected chi connectivity index (χ2v) is 6.24. The molecule has 1 N–H and O–H groups in total. The molecule has 0 aromatic carbocycles. The Balaban J connectivity index is 2.20. The highest BCUT2D eigenvalue weighted by molar-refractivity contribution is 5.29. The van der Waals surface area contributed by atoms with Gasteiger partial charge in [0.1, 0.15) is 0 Å². The van der Waals surface area contributed by atoms with Gasteiger partial charge in [0.05, 0.1) is 25.4 Å². The van der Waals surface area contributed by atoms with E-state index >= 15 is 0 Å². The Labute approximate surface area is 115 Å². The summed E-state index contributed by atoms with van der Waals surface area (Å²) in [7, 11) is 3.39. The van der Waals surface area contributed by atoms with E-state index in [2.05, 4.69) is 24.6 Å². The highest BCUT2D eigenvalue weighted by atomic mass is 16.5. The molecular weight excluding hydrogens is 242 g/mol. The van der Waals surface area contributed by atoms with Crippen LogP contribution in [0.2, 0.25) is 0 Å². The fourth-order valence-corrected chi connectivity index (χ4v) is 2.96. The van der Waals surface area contributed by atoms with E-state index in [1.807, 2.05) is 6.07 Å². The molecule has 2 unspecified atom stereocenters. The lowest BCUT2D eigenvalue weighted by Crippen LogP contribution is -2.29. The summed E-state index contributed by atoms with van der Waals surface area (Å²) in [4.78, 5) is 0. The van der Waals surface area contributed by atoms with Gasteiger partial charge in [-0.1, -0.05) is 13.8 Å². The van der Waals surface area contributed by atoms with Crippen molar-refractivity contribution >= 4 is 0 Å². The summed E-state index contributed by atoms with van der Waals surface area (Å²) in [6.45, 7) is 5.76. The molecular formula is C15H25NO3. The minimum atomic E-state index is -0.344. The lowest BCUT2D eigenvalue weighted by atomic mass is 9.75. The fourth-order valence-electron chi connectivity index (χ4n) is 2.96. The third-order valence-electron chi connectivity index (χ3n) is 3.95. The number of nitrogens with zero attached hydrogens (tertiary/aromatic N) is 1. The van der Waals surface area contributed by atoms with Crippen LogP contribution in [0.25, 0.3) is 0 Å². The average Bonchev–Trinajstić information content (AvgIpc) is 2.70. The lowest BCUT2D eigenvalue weighted by Gasteiger charge is -2.34. The quantitative estimate of drug-likeness (QED) is 0.889. The molecule has 0 aliphatic heterocycles. The maximum atomic E-state index is 10.2. The Bertz CT molecular complexity index is 425. The number of ether oxygens (including phenoxy) is 2. The predicted molar refractivity (Wildman–Crippen MR) is 74.2 cm³/mol. The van der Waals surface area contributed by atoms with Crippen molar-refractivity contribution in [3.05, 3.63) is 23.5 Å². The van der Waals surface area contributed by atoms with Gasteiger partial charge in [0.25, 0.3) is 0 Å². The molecule has 2 atom stereocenters. The van der Waals surface area contributed by atoms with E-state index in [0.29, 0.717) is 6.61 Å². The highest BCUT2D eigenvalue weighted by Crippen LogP contribution is 2.41. The normalized spacial score (nSPS) is 23.1. The first-order valence-corrected chi connectivity index (χ1v) is 6.84. The van der Waals surface area contributed by atoms with Gasteiger partial charge in [-0.15, -0.1) is 0 Å². The summed E-state index contributed by atoms with van der Waals surface area (Å²) in [6, 6.07) is 2.04. The van der Waals surface area contributed by atoms with E-state index in [9.17, 15) is 5.11 Å². The van der Waals surface area contributed by atoms with Crippen molar-refractivity contribution in [1.29, 1.82) is 0 Å². The Morgan fingerprint density at radius 3 is 2.84 bits per heavy atom. The van der Waals surface area contributed by atoms with Crippen molar-refractivity contribution in [3.8, 4) is 0 Å². The summed E-state index contributed by atoms with van der Waals surface area (Å²) in [6.07, 6.45) is 3.58. The fraction of sp³-hybridized carbons (Fsp3) is 0.733. The molecule has 1 heterocycles. The Morgan fingerprint density at radius 2 is 2.21 bits per heavy atom. The van der Waals surface area contributed by atoms with E-state index in [1.165, 1.54) is 5.69 Å². The van der Waals surface area contributed by atoms with Crippen LogP contribution in [-0.4, -0.2) is 36.6 Å². The number of hydrogen-bond donors (Lipinski definition) is 1.